The van der Waals surface area contributed by atoms with E-state index in [1.807, 2.05) is 0 Å². The third-order valence-electron chi connectivity index (χ3n) is 4.42. The van der Waals surface area contributed by atoms with Gasteiger partial charge < -0.3 is 4.90 Å². The maximum Gasteiger partial charge on any atom is 0.406 e. The molecule has 0 aliphatic carbocycles. The van der Waals surface area contributed by atoms with E-state index in [-0.39, 0.29) is 26.5 Å². The molecule has 0 fully saturated rings. The molecule has 0 spiro atoms. The van der Waals surface area contributed by atoms with E-state index in [4.69, 9.17) is 0 Å². The Kier molecular flexibility index (Phi) is 4.82. The molecule has 0 N–H and O–H groups in total. The van der Waals surface area contributed by atoms with Gasteiger partial charge in [0.1, 0.15) is 6.54 Å². The number of ketones is 1. The fraction of sp³-hybridized carbons (Fsp3) is 0.263. The van der Waals surface area contributed by atoms with Crippen molar-refractivity contribution in [1.29, 1.82) is 0 Å². The first kappa shape index (κ1) is 20.1. The molecule has 28 heavy (non-hydrogen) atoms. The summed E-state index contributed by atoms with van der Waals surface area (Å²) in [6.07, 6.45) is -4.60. The number of carbonyl (C=O) groups excluding carboxylic acids is 2. The van der Waals surface area contributed by atoms with Gasteiger partial charge in [0, 0.05) is 22.7 Å². The second kappa shape index (κ2) is 6.73. The number of rotatable bonds is 3. The molecule has 148 valence electrons. The molecule has 0 saturated carbocycles. The van der Waals surface area contributed by atoms with Gasteiger partial charge in [-0.2, -0.15) is 13.2 Å². The SMILES string of the molecule is CC(C)N(CC(F)(F)F)C(=O)c1ccc2c(c1)S(=O)(=O)c1ccccc1C2=O. The molecule has 1 aliphatic heterocycles. The number of carbonyl (C=O) groups is 2. The van der Waals surface area contributed by atoms with Gasteiger partial charge in [0.25, 0.3) is 5.91 Å². The normalized spacial score (nSPS) is 15.1. The lowest BCUT2D eigenvalue weighted by Crippen LogP contribution is -2.43. The van der Waals surface area contributed by atoms with Crippen molar-refractivity contribution >= 4 is 21.5 Å². The van der Waals surface area contributed by atoms with Gasteiger partial charge in [-0.15, -0.1) is 0 Å². The largest absolute Gasteiger partial charge is 0.406 e. The minimum atomic E-state index is -4.60. The van der Waals surface area contributed by atoms with Crippen LogP contribution in [0.1, 0.15) is 40.1 Å². The zero-order valence-corrected chi connectivity index (χ0v) is 15.8. The summed E-state index contributed by atoms with van der Waals surface area (Å²) < 4.78 is 64.2. The van der Waals surface area contributed by atoms with Crippen molar-refractivity contribution in [3.8, 4) is 0 Å². The van der Waals surface area contributed by atoms with Crippen LogP contribution in [0.15, 0.2) is 52.3 Å². The van der Waals surface area contributed by atoms with Gasteiger partial charge in [-0.1, -0.05) is 12.1 Å². The van der Waals surface area contributed by atoms with E-state index < -0.39 is 40.3 Å². The molecule has 0 unspecified atom stereocenters. The number of sulfone groups is 1. The van der Waals surface area contributed by atoms with Crippen molar-refractivity contribution in [3.63, 3.8) is 0 Å². The second-order valence-corrected chi connectivity index (χ2v) is 8.57. The molecule has 2 aromatic carbocycles. The first-order chi connectivity index (χ1) is 12.9. The summed E-state index contributed by atoms with van der Waals surface area (Å²) in [5.41, 5.74) is -0.315. The zero-order chi connectivity index (χ0) is 20.9. The van der Waals surface area contributed by atoms with Crippen LogP contribution in [0.3, 0.4) is 0 Å². The summed E-state index contributed by atoms with van der Waals surface area (Å²) in [4.78, 5) is 25.3. The summed E-state index contributed by atoms with van der Waals surface area (Å²) in [5, 5.41) is 0. The summed E-state index contributed by atoms with van der Waals surface area (Å²) in [5.74, 6) is -1.48. The highest BCUT2D eigenvalue weighted by Crippen LogP contribution is 2.35. The molecular formula is C19H16F3NO4S. The van der Waals surface area contributed by atoms with Crippen molar-refractivity contribution < 1.29 is 31.2 Å². The van der Waals surface area contributed by atoms with Crippen LogP contribution < -0.4 is 0 Å². The quantitative estimate of drug-likeness (QED) is 0.662. The molecule has 5 nitrogen and oxygen atoms in total. The van der Waals surface area contributed by atoms with Crippen molar-refractivity contribution in [1.82, 2.24) is 4.90 Å². The van der Waals surface area contributed by atoms with Crippen LogP contribution >= 0.6 is 0 Å². The smallest absolute Gasteiger partial charge is 0.327 e. The number of alkyl halides is 3. The van der Waals surface area contributed by atoms with Crippen LogP contribution in [0.2, 0.25) is 0 Å². The van der Waals surface area contributed by atoms with E-state index in [1.54, 1.807) is 0 Å². The van der Waals surface area contributed by atoms with Crippen LogP contribution in [0.25, 0.3) is 0 Å². The first-order valence-electron chi connectivity index (χ1n) is 8.34. The highest BCUT2D eigenvalue weighted by Gasteiger charge is 2.37. The number of hydrogen-bond acceptors (Lipinski definition) is 4. The van der Waals surface area contributed by atoms with Gasteiger partial charge >= 0.3 is 6.18 Å². The molecule has 0 aromatic heterocycles. The molecule has 1 amide bonds. The summed E-state index contributed by atoms with van der Waals surface area (Å²) in [7, 11) is -4.09. The Bertz CT molecular complexity index is 1070. The van der Waals surface area contributed by atoms with E-state index in [9.17, 15) is 31.2 Å². The Morgan fingerprint density at radius 2 is 1.64 bits per heavy atom. The monoisotopic (exact) mass is 411 g/mol. The zero-order valence-electron chi connectivity index (χ0n) is 14.9. The Morgan fingerprint density at radius 1 is 1.04 bits per heavy atom. The van der Waals surface area contributed by atoms with Crippen LogP contribution in [0.5, 0.6) is 0 Å². The topological polar surface area (TPSA) is 71.5 Å². The Hall–Kier alpha value is -2.68. The molecule has 1 heterocycles. The molecule has 0 bridgehead atoms. The standard InChI is InChI=1S/C19H16F3NO4S/c1-11(2)23(10-19(20,21)22)18(25)12-7-8-14-16(9-12)28(26,27)15-6-4-3-5-13(15)17(14)24/h3-9,11H,10H2,1-2H3. The lowest BCUT2D eigenvalue weighted by atomic mass is 10.0. The van der Waals surface area contributed by atoms with Crippen molar-refractivity contribution in [2.45, 2.75) is 35.9 Å². The fourth-order valence-electron chi connectivity index (χ4n) is 3.07. The van der Waals surface area contributed by atoms with E-state index in [0.717, 1.165) is 6.07 Å². The predicted octanol–water partition coefficient (Wildman–Crippen LogP) is 3.48. The highest BCUT2D eigenvalue weighted by molar-refractivity contribution is 7.91. The van der Waals surface area contributed by atoms with E-state index >= 15 is 0 Å². The Morgan fingerprint density at radius 3 is 2.25 bits per heavy atom. The molecule has 9 heteroatoms. The molecule has 2 aromatic rings. The average molecular weight is 411 g/mol. The van der Waals surface area contributed by atoms with Gasteiger partial charge in [0.05, 0.1) is 9.79 Å². The Labute approximate surface area is 159 Å². The molecule has 0 atom stereocenters. The van der Waals surface area contributed by atoms with Gasteiger partial charge in [-0.05, 0) is 44.2 Å². The number of amides is 1. The minimum absolute atomic E-state index is 0.0231. The third kappa shape index (κ3) is 3.42. The fourth-order valence-corrected chi connectivity index (χ4v) is 4.74. The van der Waals surface area contributed by atoms with Gasteiger partial charge in [-0.25, -0.2) is 8.42 Å². The number of benzene rings is 2. The molecule has 0 radical (unpaired) electrons. The predicted molar refractivity (Wildman–Crippen MR) is 94.0 cm³/mol. The van der Waals surface area contributed by atoms with Crippen LogP contribution in [-0.2, 0) is 9.84 Å². The lowest BCUT2D eigenvalue weighted by Gasteiger charge is -2.28. The van der Waals surface area contributed by atoms with Crippen molar-refractivity contribution in [2.24, 2.45) is 0 Å². The maximum absolute atomic E-state index is 12.9. The summed E-state index contributed by atoms with van der Waals surface area (Å²) in [6.45, 7) is 1.40. The number of nitrogens with zero attached hydrogens (tertiary/aromatic N) is 1. The van der Waals surface area contributed by atoms with Gasteiger partial charge in [0.15, 0.2) is 5.78 Å². The van der Waals surface area contributed by atoms with Gasteiger partial charge in [-0.3, -0.25) is 9.59 Å². The maximum atomic E-state index is 12.9. The van der Waals surface area contributed by atoms with E-state index in [2.05, 4.69) is 0 Å². The lowest BCUT2D eigenvalue weighted by molar-refractivity contribution is -0.143. The molecule has 0 saturated heterocycles. The number of halogens is 3. The van der Waals surface area contributed by atoms with E-state index in [1.165, 1.54) is 50.2 Å². The van der Waals surface area contributed by atoms with Crippen LogP contribution in [-0.4, -0.2) is 43.8 Å². The average Bonchev–Trinajstić information content (AvgIpc) is 2.63. The third-order valence-corrected chi connectivity index (χ3v) is 6.27. The van der Waals surface area contributed by atoms with E-state index in [0.29, 0.717) is 4.90 Å². The Balaban J connectivity index is 2.10. The van der Waals surface area contributed by atoms with Gasteiger partial charge in [0.2, 0.25) is 9.84 Å². The molecule has 3 rings (SSSR count). The van der Waals surface area contributed by atoms with Crippen molar-refractivity contribution in [3.05, 3.63) is 59.2 Å². The second-order valence-electron chi connectivity index (χ2n) is 6.68. The number of fused-ring (bicyclic) bond motifs is 2. The van der Waals surface area contributed by atoms with Crippen LogP contribution in [0, 0.1) is 0 Å². The number of hydrogen-bond donors (Lipinski definition) is 0. The summed E-state index contributed by atoms with van der Waals surface area (Å²) >= 11 is 0. The molecular weight excluding hydrogens is 395 g/mol. The van der Waals surface area contributed by atoms with Crippen LogP contribution in [0.4, 0.5) is 13.2 Å². The van der Waals surface area contributed by atoms with Crippen molar-refractivity contribution in [2.75, 3.05) is 6.54 Å². The molecule has 1 aliphatic rings. The minimum Gasteiger partial charge on any atom is -0.327 e. The summed E-state index contributed by atoms with van der Waals surface area (Å²) in [6, 6.07) is 8.24. The first-order valence-corrected chi connectivity index (χ1v) is 9.82. The highest BCUT2D eigenvalue weighted by atomic mass is 32.2.